The highest BCUT2D eigenvalue weighted by atomic mass is 19.1. The summed E-state index contributed by atoms with van der Waals surface area (Å²) in [5.74, 6) is 0.351. The van der Waals surface area contributed by atoms with E-state index < -0.39 is 5.82 Å². The number of hydrogen-bond donors (Lipinski definition) is 0. The van der Waals surface area contributed by atoms with Crippen LogP contribution in [0.15, 0.2) is 36.9 Å². The summed E-state index contributed by atoms with van der Waals surface area (Å²) in [5, 5.41) is 0. The Labute approximate surface area is 152 Å². The van der Waals surface area contributed by atoms with Gasteiger partial charge in [0.1, 0.15) is 0 Å². The summed E-state index contributed by atoms with van der Waals surface area (Å²) < 4.78 is 13.0. The molecule has 0 unspecified atom stereocenters. The maximum Gasteiger partial charge on any atom is 0.227 e. The van der Waals surface area contributed by atoms with Crippen molar-refractivity contribution < 1.29 is 9.18 Å². The first-order chi connectivity index (χ1) is 12.6. The number of hydrogen-bond acceptors (Lipinski definition) is 5. The average molecular weight is 355 g/mol. The van der Waals surface area contributed by atoms with Crippen molar-refractivity contribution in [2.24, 2.45) is 5.41 Å². The summed E-state index contributed by atoms with van der Waals surface area (Å²) in [7, 11) is 0. The lowest BCUT2D eigenvalue weighted by Gasteiger charge is -2.39. The van der Waals surface area contributed by atoms with Crippen LogP contribution < -0.4 is 4.90 Å². The van der Waals surface area contributed by atoms with E-state index in [0.717, 1.165) is 51.0 Å². The molecule has 4 rings (SSSR count). The lowest BCUT2D eigenvalue weighted by atomic mass is 9.78. The fourth-order valence-electron chi connectivity index (χ4n) is 4.00. The van der Waals surface area contributed by atoms with Crippen molar-refractivity contribution in [2.45, 2.75) is 25.7 Å². The standard InChI is InChI=1S/C19H22FN5O/c20-16-12-22-18(23-13-16)24-7-3-19(4-8-24)5-9-25(14-19)17(26)10-15-2-1-6-21-11-15/h1-2,6,11-13H,3-5,7-10,14H2. The van der Waals surface area contributed by atoms with E-state index in [0.29, 0.717) is 12.4 Å². The molecule has 136 valence electrons. The normalized spacial score (nSPS) is 19.1. The van der Waals surface area contributed by atoms with Crippen LogP contribution >= 0.6 is 0 Å². The number of anilines is 1. The molecule has 2 aromatic rings. The van der Waals surface area contributed by atoms with Crippen molar-refractivity contribution in [3.05, 3.63) is 48.3 Å². The van der Waals surface area contributed by atoms with E-state index in [1.165, 1.54) is 12.4 Å². The van der Waals surface area contributed by atoms with Crippen molar-refractivity contribution in [1.29, 1.82) is 0 Å². The predicted molar refractivity (Wildman–Crippen MR) is 95.0 cm³/mol. The quantitative estimate of drug-likeness (QED) is 0.843. The third kappa shape index (κ3) is 3.52. The Hall–Kier alpha value is -2.57. The van der Waals surface area contributed by atoms with Gasteiger partial charge in [-0.2, -0.15) is 0 Å². The van der Waals surface area contributed by atoms with Gasteiger partial charge < -0.3 is 9.80 Å². The van der Waals surface area contributed by atoms with Crippen LogP contribution in [-0.2, 0) is 11.2 Å². The van der Waals surface area contributed by atoms with E-state index >= 15 is 0 Å². The van der Waals surface area contributed by atoms with E-state index in [9.17, 15) is 9.18 Å². The molecule has 0 aliphatic carbocycles. The minimum Gasteiger partial charge on any atom is -0.342 e. The summed E-state index contributed by atoms with van der Waals surface area (Å²) >= 11 is 0. The Balaban J connectivity index is 1.34. The minimum absolute atomic E-state index is 0.180. The zero-order valence-corrected chi connectivity index (χ0v) is 14.6. The number of pyridine rings is 1. The number of rotatable bonds is 3. The Kier molecular flexibility index (Phi) is 4.53. The third-order valence-corrected chi connectivity index (χ3v) is 5.58. The molecule has 2 saturated heterocycles. The Bertz CT molecular complexity index is 759. The van der Waals surface area contributed by atoms with Crippen LogP contribution in [0.25, 0.3) is 0 Å². The number of amides is 1. The van der Waals surface area contributed by atoms with Crippen molar-refractivity contribution in [3.63, 3.8) is 0 Å². The number of carbonyl (C=O) groups is 1. The van der Waals surface area contributed by atoms with Crippen LogP contribution in [0.3, 0.4) is 0 Å². The van der Waals surface area contributed by atoms with Gasteiger partial charge in [0.25, 0.3) is 0 Å². The Morgan fingerprint density at radius 3 is 2.54 bits per heavy atom. The first-order valence-electron chi connectivity index (χ1n) is 9.03. The van der Waals surface area contributed by atoms with Crippen molar-refractivity contribution in [3.8, 4) is 0 Å². The fraction of sp³-hybridized carbons (Fsp3) is 0.474. The number of piperidine rings is 1. The highest BCUT2D eigenvalue weighted by Gasteiger charge is 2.42. The van der Waals surface area contributed by atoms with Crippen LogP contribution in [0.1, 0.15) is 24.8 Å². The zero-order chi connectivity index (χ0) is 18.0. The van der Waals surface area contributed by atoms with Gasteiger partial charge in [-0.25, -0.2) is 14.4 Å². The molecule has 2 fully saturated rings. The van der Waals surface area contributed by atoms with Gasteiger partial charge in [-0.3, -0.25) is 9.78 Å². The summed E-state index contributed by atoms with van der Waals surface area (Å²) in [6, 6.07) is 3.80. The van der Waals surface area contributed by atoms with Gasteiger partial charge in [0, 0.05) is 38.6 Å². The molecular weight excluding hydrogens is 333 g/mol. The van der Waals surface area contributed by atoms with Crippen LogP contribution in [0.2, 0.25) is 0 Å². The van der Waals surface area contributed by atoms with Gasteiger partial charge in [0.05, 0.1) is 18.8 Å². The Morgan fingerprint density at radius 2 is 1.85 bits per heavy atom. The van der Waals surface area contributed by atoms with Gasteiger partial charge in [0.2, 0.25) is 11.9 Å². The molecule has 2 aromatic heterocycles. The molecule has 2 aliphatic rings. The summed E-state index contributed by atoms with van der Waals surface area (Å²) in [6.45, 7) is 3.34. The monoisotopic (exact) mass is 355 g/mol. The SMILES string of the molecule is O=C(Cc1cccnc1)N1CCC2(CCN(c3ncc(F)cn3)CC2)C1. The van der Waals surface area contributed by atoms with E-state index in [4.69, 9.17) is 0 Å². The fourth-order valence-corrected chi connectivity index (χ4v) is 4.00. The largest absolute Gasteiger partial charge is 0.342 e. The molecule has 0 radical (unpaired) electrons. The molecule has 1 spiro atoms. The van der Waals surface area contributed by atoms with Crippen LogP contribution in [-0.4, -0.2) is 51.9 Å². The smallest absolute Gasteiger partial charge is 0.227 e. The number of carbonyl (C=O) groups excluding carboxylic acids is 1. The van der Waals surface area contributed by atoms with Gasteiger partial charge in [-0.05, 0) is 36.3 Å². The first-order valence-corrected chi connectivity index (χ1v) is 9.03. The van der Waals surface area contributed by atoms with Crippen molar-refractivity contribution in [1.82, 2.24) is 19.9 Å². The number of likely N-dealkylation sites (tertiary alicyclic amines) is 1. The third-order valence-electron chi connectivity index (χ3n) is 5.58. The highest BCUT2D eigenvalue weighted by molar-refractivity contribution is 5.79. The van der Waals surface area contributed by atoms with Crippen LogP contribution in [0.5, 0.6) is 0 Å². The maximum absolute atomic E-state index is 13.0. The van der Waals surface area contributed by atoms with Crippen LogP contribution in [0, 0.1) is 11.2 Å². The molecule has 6 nitrogen and oxygen atoms in total. The molecule has 0 N–H and O–H groups in total. The molecule has 4 heterocycles. The topological polar surface area (TPSA) is 62.2 Å². The lowest BCUT2D eigenvalue weighted by Crippen LogP contribution is -2.43. The second-order valence-electron chi connectivity index (χ2n) is 7.29. The second-order valence-corrected chi connectivity index (χ2v) is 7.29. The minimum atomic E-state index is -0.416. The molecule has 2 aliphatic heterocycles. The average Bonchev–Trinajstić information content (AvgIpc) is 3.08. The van der Waals surface area contributed by atoms with Crippen molar-refractivity contribution in [2.75, 3.05) is 31.1 Å². The lowest BCUT2D eigenvalue weighted by molar-refractivity contribution is -0.129. The molecule has 0 saturated carbocycles. The van der Waals surface area contributed by atoms with Crippen molar-refractivity contribution >= 4 is 11.9 Å². The molecule has 7 heteroatoms. The van der Waals surface area contributed by atoms with Gasteiger partial charge >= 0.3 is 0 Å². The summed E-state index contributed by atoms with van der Waals surface area (Å²) in [6.07, 6.45) is 9.36. The first kappa shape index (κ1) is 16.9. The van der Waals surface area contributed by atoms with E-state index in [2.05, 4.69) is 19.9 Å². The number of nitrogens with zero attached hydrogens (tertiary/aromatic N) is 5. The molecule has 0 bridgehead atoms. The molecular formula is C19H22FN5O. The summed E-state index contributed by atoms with van der Waals surface area (Å²) in [5.41, 5.74) is 1.16. The van der Waals surface area contributed by atoms with E-state index in [1.54, 1.807) is 12.4 Å². The summed E-state index contributed by atoms with van der Waals surface area (Å²) in [4.78, 5) is 28.9. The maximum atomic E-state index is 13.0. The molecule has 0 atom stereocenters. The van der Waals surface area contributed by atoms with E-state index in [1.807, 2.05) is 17.0 Å². The Morgan fingerprint density at radius 1 is 1.12 bits per heavy atom. The predicted octanol–water partition coefficient (Wildman–Crippen LogP) is 2.07. The van der Waals surface area contributed by atoms with Gasteiger partial charge in [-0.1, -0.05) is 6.07 Å². The number of halogens is 1. The molecule has 26 heavy (non-hydrogen) atoms. The molecule has 0 aromatic carbocycles. The number of aromatic nitrogens is 3. The zero-order valence-electron chi connectivity index (χ0n) is 14.6. The van der Waals surface area contributed by atoms with Crippen LogP contribution in [0.4, 0.5) is 10.3 Å². The van der Waals surface area contributed by atoms with E-state index in [-0.39, 0.29) is 11.3 Å². The highest BCUT2D eigenvalue weighted by Crippen LogP contribution is 2.41. The molecule has 1 amide bonds. The van der Waals surface area contributed by atoms with Gasteiger partial charge in [0.15, 0.2) is 5.82 Å². The van der Waals surface area contributed by atoms with Gasteiger partial charge in [-0.15, -0.1) is 0 Å². The second kappa shape index (κ2) is 6.97.